The fourth-order valence-corrected chi connectivity index (χ4v) is 3.18. The highest BCUT2D eigenvalue weighted by Gasteiger charge is 2.36. The third-order valence-corrected chi connectivity index (χ3v) is 4.27. The maximum Gasteiger partial charge on any atom is 0.336 e. The maximum absolute atomic E-state index is 13.7. The number of hydrogen-bond acceptors (Lipinski definition) is 5. The number of dihydropyridines is 1. The van der Waals surface area contributed by atoms with Crippen LogP contribution in [0.15, 0.2) is 40.7 Å². The number of rotatable bonds is 6. The molecule has 1 aliphatic rings. The van der Waals surface area contributed by atoms with Crippen molar-refractivity contribution in [1.82, 2.24) is 5.32 Å². The minimum Gasteiger partial charge on any atom is -0.496 e. The summed E-state index contributed by atoms with van der Waals surface area (Å²) >= 11 is 0. The van der Waals surface area contributed by atoms with Gasteiger partial charge < -0.3 is 14.8 Å². The first-order valence-electron chi connectivity index (χ1n) is 8.59. The number of allylic oxidation sites excluding steroid dienone is 3. The lowest BCUT2D eigenvalue weighted by Gasteiger charge is -2.30. The number of methoxy groups -OCH3 is 1. The summed E-state index contributed by atoms with van der Waals surface area (Å²) in [5, 5.41) is 12.9. The molecule has 26 heavy (non-hydrogen) atoms. The van der Waals surface area contributed by atoms with Gasteiger partial charge in [0, 0.05) is 23.0 Å². The van der Waals surface area contributed by atoms with Crippen LogP contribution in [0, 0.1) is 17.1 Å². The zero-order valence-corrected chi connectivity index (χ0v) is 15.5. The molecule has 1 aliphatic heterocycles. The first-order valence-corrected chi connectivity index (χ1v) is 8.59. The van der Waals surface area contributed by atoms with Gasteiger partial charge >= 0.3 is 5.97 Å². The van der Waals surface area contributed by atoms with E-state index in [1.165, 1.54) is 19.2 Å². The minimum atomic E-state index is -0.669. The fourth-order valence-electron chi connectivity index (χ4n) is 3.18. The molecule has 6 heteroatoms. The van der Waals surface area contributed by atoms with Gasteiger partial charge in [-0.15, -0.1) is 0 Å². The van der Waals surface area contributed by atoms with Gasteiger partial charge in [-0.3, -0.25) is 0 Å². The number of benzene rings is 1. The quantitative estimate of drug-likeness (QED) is 0.780. The fraction of sp³-hybridized carbons (Fsp3) is 0.400. The van der Waals surface area contributed by atoms with E-state index in [9.17, 15) is 14.4 Å². The van der Waals surface area contributed by atoms with E-state index in [4.69, 9.17) is 9.47 Å². The number of carbonyl (C=O) groups is 1. The number of nitrogens with zero attached hydrogens (tertiary/aromatic N) is 1. The Morgan fingerprint density at radius 1 is 1.38 bits per heavy atom. The Hall–Kier alpha value is -2.81. The normalized spacial score (nSPS) is 16.8. The van der Waals surface area contributed by atoms with Gasteiger partial charge in [0.2, 0.25) is 0 Å². The van der Waals surface area contributed by atoms with Gasteiger partial charge in [0.05, 0.1) is 36.9 Å². The molecule has 1 unspecified atom stereocenters. The standard InChI is InChI=1S/C20H23FN2O3/c1-5-7-16-19(20(24)26-6-2)18(15(11-22)12(3)23-16)14-9-8-13(21)10-17(14)25-4/h8-10,18,23H,5-7H2,1-4H3. The Labute approximate surface area is 153 Å². The van der Waals surface area contributed by atoms with Crippen LogP contribution in [0.25, 0.3) is 0 Å². The Bertz CT molecular complexity index is 806. The van der Waals surface area contributed by atoms with Gasteiger partial charge in [-0.2, -0.15) is 5.26 Å². The number of hydrogen-bond donors (Lipinski definition) is 1. The highest BCUT2D eigenvalue weighted by Crippen LogP contribution is 2.42. The third kappa shape index (κ3) is 3.72. The Morgan fingerprint density at radius 2 is 2.12 bits per heavy atom. The van der Waals surface area contributed by atoms with E-state index in [1.54, 1.807) is 19.9 Å². The van der Waals surface area contributed by atoms with Crippen molar-refractivity contribution in [2.24, 2.45) is 0 Å². The molecule has 2 rings (SSSR count). The SMILES string of the molecule is CCCC1=C(C(=O)OCC)C(c2ccc(F)cc2OC)C(C#N)=C(C)N1. The molecule has 1 aromatic rings. The molecule has 1 heterocycles. The summed E-state index contributed by atoms with van der Waals surface area (Å²) in [6.07, 6.45) is 1.44. The van der Waals surface area contributed by atoms with E-state index < -0.39 is 17.7 Å². The lowest BCUT2D eigenvalue weighted by molar-refractivity contribution is -0.138. The van der Waals surface area contributed by atoms with E-state index in [0.717, 1.165) is 12.1 Å². The molecule has 0 amide bonds. The number of nitriles is 1. The van der Waals surface area contributed by atoms with Crippen LogP contribution in [0.5, 0.6) is 5.75 Å². The molecule has 5 nitrogen and oxygen atoms in total. The number of halogens is 1. The summed E-state index contributed by atoms with van der Waals surface area (Å²) in [4.78, 5) is 12.7. The van der Waals surface area contributed by atoms with Crippen LogP contribution in [0.3, 0.4) is 0 Å². The van der Waals surface area contributed by atoms with E-state index in [1.807, 2.05) is 6.92 Å². The first-order chi connectivity index (χ1) is 12.5. The van der Waals surface area contributed by atoms with Gasteiger partial charge in [0.15, 0.2) is 0 Å². The molecule has 138 valence electrons. The summed E-state index contributed by atoms with van der Waals surface area (Å²) in [5.41, 5.74) is 2.71. The summed E-state index contributed by atoms with van der Waals surface area (Å²) in [6, 6.07) is 6.29. The van der Waals surface area contributed by atoms with Crippen LogP contribution in [0.4, 0.5) is 4.39 Å². The molecule has 1 N–H and O–H groups in total. The topological polar surface area (TPSA) is 71.3 Å². The molecule has 0 radical (unpaired) electrons. The van der Waals surface area contributed by atoms with Crippen molar-refractivity contribution in [1.29, 1.82) is 5.26 Å². The molecule has 0 saturated heterocycles. The lowest BCUT2D eigenvalue weighted by atomic mass is 9.79. The van der Waals surface area contributed by atoms with Gasteiger partial charge in [-0.1, -0.05) is 19.4 Å². The second-order valence-corrected chi connectivity index (χ2v) is 5.96. The predicted molar refractivity (Wildman–Crippen MR) is 95.7 cm³/mol. The van der Waals surface area contributed by atoms with Crippen molar-refractivity contribution in [2.75, 3.05) is 13.7 Å². The minimum absolute atomic E-state index is 0.222. The largest absolute Gasteiger partial charge is 0.496 e. The molecule has 0 fully saturated rings. The van der Waals surface area contributed by atoms with Gasteiger partial charge in [-0.25, -0.2) is 9.18 Å². The maximum atomic E-state index is 13.7. The van der Waals surface area contributed by atoms with Crippen LogP contribution < -0.4 is 10.1 Å². The second-order valence-electron chi connectivity index (χ2n) is 5.96. The molecule has 0 aliphatic carbocycles. The molecule has 0 bridgehead atoms. The Morgan fingerprint density at radius 3 is 2.69 bits per heavy atom. The zero-order valence-electron chi connectivity index (χ0n) is 15.5. The van der Waals surface area contributed by atoms with E-state index in [0.29, 0.717) is 28.8 Å². The summed E-state index contributed by atoms with van der Waals surface area (Å²) in [6.45, 7) is 5.75. The molecule has 0 aromatic heterocycles. The summed E-state index contributed by atoms with van der Waals surface area (Å²) < 4.78 is 24.2. The van der Waals surface area contributed by atoms with E-state index in [2.05, 4.69) is 11.4 Å². The Kier molecular flexibility index (Phi) is 6.40. The molecular weight excluding hydrogens is 335 g/mol. The van der Waals surface area contributed by atoms with Crippen molar-refractivity contribution in [3.8, 4) is 11.8 Å². The average molecular weight is 358 g/mol. The van der Waals surface area contributed by atoms with E-state index >= 15 is 0 Å². The van der Waals surface area contributed by atoms with Crippen molar-refractivity contribution >= 4 is 5.97 Å². The summed E-state index contributed by atoms with van der Waals surface area (Å²) in [7, 11) is 1.43. The summed E-state index contributed by atoms with van der Waals surface area (Å²) in [5.74, 6) is -1.32. The molecule has 0 saturated carbocycles. The molecule has 1 aromatic carbocycles. The van der Waals surface area contributed by atoms with Crippen LogP contribution in [0.1, 0.15) is 45.1 Å². The van der Waals surface area contributed by atoms with Gasteiger partial charge in [0.1, 0.15) is 11.6 Å². The second kappa shape index (κ2) is 8.52. The van der Waals surface area contributed by atoms with Gasteiger partial charge in [-0.05, 0) is 26.3 Å². The highest BCUT2D eigenvalue weighted by molar-refractivity contribution is 5.93. The van der Waals surface area contributed by atoms with Crippen molar-refractivity contribution in [3.05, 3.63) is 52.1 Å². The first kappa shape index (κ1) is 19.5. The highest BCUT2D eigenvalue weighted by atomic mass is 19.1. The zero-order chi connectivity index (χ0) is 19.3. The monoisotopic (exact) mass is 358 g/mol. The van der Waals surface area contributed by atoms with Crippen LogP contribution in [-0.4, -0.2) is 19.7 Å². The Balaban J connectivity index is 2.74. The average Bonchev–Trinajstić information content (AvgIpc) is 2.61. The van der Waals surface area contributed by atoms with Crippen molar-refractivity contribution in [3.63, 3.8) is 0 Å². The van der Waals surface area contributed by atoms with Crippen LogP contribution >= 0.6 is 0 Å². The van der Waals surface area contributed by atoms with Crippen LogP contribution in [0.2, 0.25) is 0 Å². The number of carbonyl (C=O) groups excluding carboxylic acids is 1. The van der Waals surface area contributed by atoms with Crippen LogP contribution in [-0.2, 0) is 9.53 Å². The number of esters is 1. The van der Waals surface area contributed by atoms with Crippen molar-refractivity contribution in [2.45, 2.75) is 39.5 Å². The van der Waals surface area contributed by atoms with Gasteiger partial charge in [0.25, 0.3) is 0 Å². The predicted octanol–water partition coefficient (Wildman–Crippen LogP) is 3.94. The number of ether oxygens (including phenoxy) is 2. The smallest absolute Gasteiger partial charge is 0.336 e. The van der Waals surface area contributed by atoms with E-state index in [-0.39, 0.29) is 12.4 Å². The molecule has 1 atom stereocenters. The lowest BCUT2D eigenvalue weighted by Crippen LogP contribution is -2.30. The third-order valence-electron chi connectivity index (χ3n) is 4.27. The molecular formula is C20H23FN2O3. The molecule has 0 spiro atoms. The van der Waals surface area contributed by atoms with Crippen molar-refractivity contribution < 1.29 is 18.7 Å². The number of nitrogens with one attached hydrogen (secondary N) is 1.